The van der Waals surface area contributed by atoms with Crippen molar-refractivity contribution in [3.63, 3.8) is 0 Å². The zero-order chi connectivity index (χ0) is 22.2. The van der Waals surface area contributed by atoms with Gasteiger partial charge in [-0.3, -0.25) is 4.98 Å². The summed E-state index contributed by atoms with van der Waals surface area (Å²) < 4.78 is 3.09. The third kappa shape index (κ3) is 3.92. The fourth-order valence-electron chi connectivity index (χ4n) is 4.07. The molecule has 160 valence electrons. The number of hydrogen-bond donors (Lipinski definition) is 1. The van der Waals surface area contributed by atoms with Crippen molar-refractivity contribution in [2.24, 2.45) is 0 Å². The van der Waals surface area contributed by atoms with E-state index in [4.69, 9.17) is 35.4 Å². The van der Waals surface area contributed by atoms with Gasteiger partial charge in [0.05, 0.1) is 22.4 Å². The van der Waals surface area contributed by atoms with Gasteiger partial charge in [-0.15, -0.1) is 0 Å². The van der Waals surface area contributed by atoms with E-state index in [0.29, 0.717) is 15.2 Å². The summed E-state index contributed by atoms with van der Waals surface area (Å²) in [6.45, 7) is 0. The van der Waals surface area contributed by atoms with Gasteiger partial charge in [-0.05, 0) is 78.9 Å². The molecule has 8 heteroatoms. The minimum absolute atomic E-state index is 0.146. The number of hydrogen-bond acceptors (Lipinski definition) is 2. The number of thiocarbonyl (C=S) groups is 1. The summed E-state index contributed by atoms with van der Waals surface area (Å²) in [5.41, 5.74) is 3.78. The van der Waals surface area contributed by atoms with Crippen molar-refractivity contribution in [2.75, 3.05) is 4.90 Å². The number of anilines is 1. The zero-order valence-electron chi connectivity index (χ0n) is 16.6. The lowest BCUT2D eigenvalue weighted by Gasteiger charge is -2.29. The van der Waals surface area contributed by atoms with Crippen LogP contribution in [0.1, 0.15) is 23.5 Å². The molecule has 4 aromatic rings. The average Bonchev–Trinajstić information content (AvgIpc) is 3.39. The first-order chi connectivity index (χ1) is 15.5. The number of nitrogens with zero attached hydrogens (tertiary/aromatic N) is 3. The highest BCUT2D eigenvalue weighted by Crippen LogP contribution is 2.43. The molecule has 0 saturated carbocycles. The molecule has 32 heavy (non-hydrogen) atoms. The van der Waals surface area contributed by atoms with Crippen molar-refractivity contribution in [1.82, 2.24) is 14.9 Å². The summed E-state index contributed by atoms with van der Waals surface area (Å²) in [6, 6.07) is 23.4. The molecule has 2 aromatic carbocycles. The van der Waals surface area contributed by atoms with Crippen LogP contribution in [0, 0.1) is 0 Å². The van der Waals surface area contributed by atoms with Crippen LogP contribution in [-0.2, 0) is 0 Å². The van der Waals surface area contributed by atoms with Crippen LogP contribution in [0.5, 0.6) is 0 Å². The molecule has 1 fully saturated rings. The minimum atomic E-state index is -0.152. The first kappa shape index (κ1) is 21.5. The van der Waals surface area contributed by atoms with Gasteiger partial charge in [-0.2, -0.15) is 0 Å². The van der Waals surface area contributed by atoms with Crippen molar-refractivity contribution in [3.05, 3.63) is 111 Å². The molecule has 0 unspecified atom stereocenters. The summed E-state index contributed by atoms with van der Waals surface area (Å²) in [6.07, 6.45) is 3.80. The minimum Gasteiger partial charge on any atom is -0.351 e. The zero-order valence-corrected chi connectivity index (χ0v) is 20.5. The molecule has 0 aliphatic carbocycles. The van der Waals surface area contributed by atoms with Gasteiger partial charge in [-0.25, -0.2) is 0 Å². The summed E-state index contributed by atoms with van der Waals surface area (Å²) in [4.78, 5) is 6.76. The third-order valence-corrected chi connectivity index (χ3v) is 6.84. The van der Waals surface area contributed by atoms with E-state index < -0.39 is 0 Å². The maximum Gasteiger partial charge on any atom is 0.174 e. The SMILES string of the molecule is S=C1N[C@H](c2ccccn2)[C@H](c2cccn2-c2ccc(Cl)cc2Cl)N1c1ccc(Br)cc1. The first-order valence-corrected chi connectivity index (χ1v) is 11.9. The predicted octanol–water partition coefficient (Wildman–Crippen LogP) is 7.12. The fraction of sp³-hybridized carbons (Fsp3) is 0.0833. The van der Waals surface area contributed by atoms with E-state index in [-0.39, 0.29) is 12.1 Å². The molecule has 2 atom stereocenters. The van der Waals surface area contributed by atoms with Gasteiger partial charge < -0.3 is 14.8 Å². The maximum absolute atomic E-state index is 6.57. The summed E-state index contributed by atoms with van der Waals surface area (Å²) in [7, 11) is 0. The summed E-state index contributed by atoms with van der Waals surface area (Å²) >= 11 is 22.0. The summed E-state index contributed by atoms with van der Waals surface area (Å²) in [5, 5.41) is 5.30. The van der Waals surface area contributed by atoms with Crippen LogP contribution >= 0.6 is 51.3 Å². The Kier molecular flexibility index (Phi) is 5.95. The number of aromatic nitrogens is 2. The Morgan fingerprint density at radius 2 is 1.78 bits per heavy atom. The molecule has 3 heterocycles. The number of rotatable bonds is 4. The molecule has 5 rings (SSSR count). The van der Waals surface area contributed by atoms with Gasteiger partial charge in [0.2, 0.25) is 0 Å². The van der Waals surface area contributed by atoms with Gasteiger partial charge in [0.15, 0.2) is 5.11 Å². The molecule has 0 bridgehead atoms. The van der Waals surface area contributed by atoms with Gasteiger partial charge >= 0.3 is 0 Å². The Balaban J connectivity index is 1.68. The lowest BCUT2D eigenvalue weighted by molar-refractivity contribution is 0.549. The lowest BCUT2D eigenvalue weighted by atomic mass is 10.0. The van der Waals surface area contributed by atoms with Crippen molar-refractivity contribution < 1.29 is 0 Å². The fourth-order valence-corrected chi connectivity index (χ4v) is 5.18. The van der Waals surface area contributed by atoms with Gasteiger partial charge in [0.1, 0.15) is 6.04 Å². The van der Waals surface area contributed by atoms with Crippen LogP contribution in [-0.4, -0.2) is 14.7 Å². The number of pyridine rings is 1. The molecule has 2 aromatic heterocycles. The van der Waals surface area contributed by atoms with E-state index in [1.54, 1.807) is 12.3 Å². The Hall–Kier alpha value is -2.38. The highest BCUT2D eigenvalue weighted by molar-refractivity contribution is 9.10. The largest absolute Gasteiger partial charge is 0.351 e. The number of benzene rings is 2. The van der Waals surface area contributed by atoms with Crippen LogP contribution < -0.4 is 10.2 Å². The van der Waals surface area contributed by atoms with E-state index in [0.717, 1.165) is 27.2 Å². The standard InChI is InChI=1S/C24H17BrCl2N4S/c25-15-6-9-17(10-7-15)31-23(22(29-24(31)32)19-4-1-2-12-28-19)21-5-3-13-30(21)20-11-8-16(26)14-18(20)27/h1-14,22-23H,(H,29,32)/t22-,23+/m1/s1. The van der Waals surface area contributed by atoms with E-state index >= 15 is 0 Å². The van der Waals surface area contributed by atoms with Crippen LogP contribution in [0.3, 0.4) is 0 Å². The lowest BCUT2D eigenvalue weighted by Crippen LogP contribution is -2.30. The van der Waals surface area contributed by atoms with Crippen LogP contribution in [0.2, 0.25) is 10.0 Å². The van der Waals surface area contributed by atoms with Gasteiger partial charge in [0.25, 0.3) is 0 Å². The number of nitrogens with one attached hydrogen (secondary N) is 1. The highest BCUT2D eigenvalue weighted by atomic mass is 79.9. The van der Waals surface area contributed by atoms with Crippen LogP contribution in [0.4, 0.5) is 5.69 Å². The Morgan fingerprint density at radius 3 is 2.50 bits per heavy atom. The number of halogens is 3. The molecule has 0 radical (unpaired) electrons. The second kappa shape index (κ2) is 8.87. The average molecular weight is 544 g/mol. The Morgan fingerprint density at radius 1 is 0.969 bits per heavy atom. The molecular formula is C24H17BrCl2N4S. The third-order valence-electron chi connectivity index (χ3n) is 5.46. The maximum atomic E-state index is 6.57. The first-order valence-electron chi connectivity index (χ1n) is 9.92. The highest BCUT2D eigenvalue weighted by Gasteiger charge is 2.42. The second-order valence-electron chi connectivity index (χ2n) is 7.37. The van der Waals surface area contributed by atoms with E-state index in [1.165, 1.54) is 0 Å². The second-order valence-corrected chi connectivity index (χ2v) is 9.52. The molecular weight excluding hydrogens is 527 g/mol. The van der Waals surface area contributed by atoms with Crippen molar-refractivity contribution in [3.8, 4) is 5.69 Å². The Bertz CT molecular complexity index is 1280. The van der Waals surface area contributed by atoms with Crippen molar-refractivity contribution >= 4 is 62.1 Å². The van der Waals surface area contributed by atoms with Gasteiger partial charge in [0, 0.05) is 33.3 Å². The smallest absolute Gasteiger partial charge is 0.174 e. The molecule has 1 aliphatic heterocycles. The van der Waals surface area contributed by atoms with Crippen LogP contribution in [0.25, 0.3) is 5.69 Å². The molecule has 0 spiro atoms. The van der Waals surface area contributed by atoms with E-state index in [9.17, 15) is 0 Å². The molecule has 4 nitrogen and oxygen atoms in total. The topological polar surface area (TPSA) is 33.1 Å². The Labute approximate surface area is 209 Å². The normalized spacial score (nSPS) is 18.1. The van der Waals surface area contributed by atoms with E-state index in [1.807, 2.05) is 54.7 Å². The molecule has 0 amide bonds. The van der Waals surface area contributed by atoms with E-state index in [2.05, 4.69) is 53.9 Å². The van der Waals surface area contributed by atoms with Gasteiger partial charge in [-0.1, -0.05) is 45.2 Å². The van der Waals surface area contributed by atoms with Crippen LogP contribution in [0.15, 0.2) is 89.7 Å². The van der Waals surface area contributed by atoms with Crippen molar-refractivity contribution in [1.29, 1.82) is 0 Å². The molecule has 1 N–H and O–H groups in total. The quantitative estimate of drug-likeness (QED) is 0.278. The predicted molar refractivity (Wildman–Crippen MR) is 138 cm³/mol. The summed E-state index contributed by atoms with van der Waals surface area (Å²) in [5.74, 6) is 0. The van der Waals surface area contributed by atoms with Crippen molar-refractivity contribution in [2.45, 2.75) is 12.1 Å². The molecule has 1 aliphatic rings. The monoisotopic (exact) mass is 542 g/mol. The molecule has 1 saturated heterocycles.